The summed E-state index contributed by atoms with van der Waals surface area (Å²) >= 11 is 0. The van der Waals surface area contributed by atoms with Crippen molar-refractivity contribution in [2.75, 3.05) is 4.90 Å². The summed E-state index contributed by atoms with van der Waals surface area (Å²) in [7, 11) is 0. The highest BCUT2D eigenvalue weighted by atomic mass is 15.1. The van der Waals surface area contributed by atoms with E-state index in [1.807, 2.05) is 0 Å². The molecule has 11 aromatic carbocycles. The molecule has 0 amide bonds. The Labute approximate surface area is 392 Å². The quantitative estimate of drug-likeness (QED) is 0.147. The maximum Gasteiger partial charge on any atom is 0.0714 e. The fourth-order valence-corrected chi connectivity index (χ4v) is 11.8. The van der Waals surface area contributed by atoms with Crippen molar-refractivity contribution in [1.29, 1.82) is 0 Å². The Bertz CT molecular complexity index is 3520. The molecule has 0 saturated carbocycles. The van der Waals surface area contributed by atoms with Gasteiger partial charge in [-0.25, -0.2) is 0 Å². The van der Waals surface area contributed by atoms with Gasteiger partial charge < -0.3 is 4.90 Å². The van der Waals surface area contributed by atoms with Crippen molar-refractivity contribution in [1.82, 2.24) is 0 Å². The largest absolute Gasteiger partial charge is 0.310 e. The molecule has 0 aromatic heterocycles. The van der Waals surface area contributed by atoms with Gasteiger partial charge in [-0.15, -0.1) is 0 Å². The molecule has 1 nitrogen and oxygen atoms in total. The lowest BCUT2D eigenvalue weighted by Gasteiger charge is -2.35. The van der Waals surface area contributed by atoms with E-state index >= 15 is 0 Å². The molecule has 0 fully saturated rings. The van der Waals surface area contributed by atoms with Crippen LogP contribution in [0.25, 0.3) is 44.2 Å². The molecule has 0 spiro atoms. The van der Waals surface area contributed by atoms with Gasteiger partial charge in [0.2, 0.25) is 0 Å². The number of hydrogen-bond donors (Lipinski definition) is 0. The van der Waals surface area contributed by atoms with E-state index < -0.39 is 10.8 Å². The average Bonchev–Trinajstić information content (AvgIpc) is 3.87. The summed E-state index contributed by atoms with van der Waals surface area (Å²) in [5.41, 5.74) is 19.7. The molecule has 0 atom stereocenters. The Morgan fingerprint density at radius 3 is 1.30 bits per heavy atom. The Morgan fingerprint density at radius 2 is 0.701 bits per heavy atom. The zero-order chi connectivity index (χ0) is 44.4. The summed E-state index contributed by atoms with van der Waals surface area (Å²) in [6, 6.07) is 101. The second-order valence-corrected chi connectivity index (χ2v) is 17.9. The molecule has 0 unspecified atom stereocenters. The molecule has 2 aliphatic carbocycles. The van der Waals surface area contributed by atoms with Crippen LogP contribution in [-0.2, 0) is 10.8 Å². The Kier molecular flexibility index (Phi) is 9.05. The highest BCUT2D eigenvalue weighted by Crippen LogP contribution is 2.61. The summed E-state index contributed by atoms with van der Waals surface area (Å²) in [6.45, 7) is 0. The van der Waals surface area contributed by atoms with Gasteiger partial charge in [-0.2, -0.15) is 0 Å². The van der Waals surface area contributed by atoms with Gasteiger partial charge in [-0.1, -0.05) is 231 Å². The van der Waals surface area contributed by atoms with E-state index in [0.717, 1.165) is 17.1 Å². The average molecular weight is 852 g/mol. The van der Waals surface area contributed by atoms with E-state index in [-0.39, 0.29) is 0 Å². The van der Waals surface area contributed by atoms with Crippen molar-refractivity contribution in [3.05, 3.63) is 317 Å². The van der Waals surface area contributed by atoms with Crippen molar-refractivity contribution in [2.24, 2.45) is 0 Å². The predicted octanol–water partition coefficient (Wildman–Crippen LogP) is 16.7. The van der Waals surface area contributed by atoms with Crippen LogP contribution in [-0.4, -0.2) is 0 Å². The van der Waals surface area contributed by atoms with Crippen molar-refractivity contribution < 1.29 is 0 Å². The Hall–Kier alpha value is -8.52. The van der Waals surface area contributed by atoms with Gasteiger partial charge in [0.25, 0.3) is 0 Å². The summed E-state index contributed by atoms with van der Waals surface area (Å²) in [5, 5.41) is 2.48. The fourth-order valence-electron chi connectivity index (χ4n) is 11.8. The lowest BCUT2D eigenvalue weighted by molar-refractivity contribution is 0.768. The van der Waals surface area contributed by atoms with Crippen LogP contribution in [0.4, 0.5) is 17.1 Å². The van der Waals surface area contributed by atoms with E-state index in [2.05, 4.69) is 278 Å². The molecule has 0 N–H and O–H groups in total. The smallest absolute Gasteiger partial charge is 0.0714 e. The van der Waals surface area contributed by atoms with Gasteiger partial charge in [-0.05, 0) is 126 Å². The van der Waals surface area contributed by atoms with Crippen LogP contribution in [0.1, 0.15) is 44.5 Å². The van der Waals surface area contributed by atoms with Crippen LogP contribution in [0, 0.1) is 0 Å². The number of anilines is 3. The molecule has 2 aliphatic rings. The SMILES string of the molecule is c1ccc(-c2ccc(N(c3ccc4c(c3)C(c3ccccc3)(c3ccccc3)c3cc5ccccc5cc3-4)c3cccc4c3-c3ccccc3C4(c3ccccc3)c3ccccc3)cc2)cc1. The summed E-state index contributed by atoms with van der Waals surface area (Å²) < 4.78 is 0. The molecule has 1 heteroatoms. The monoisotopic (exact) mass is 851 g/mol. The molecular formula is C66H45N. The minimum absolute atomic E-state index is 0.537. The maximum absolute atomic E-state index is 2.52. The first-order valence-corrected chi connectivity index (χ1v) is 23.3. The van der Waals surface area contributed by atoms with E-state index in [1.54, 1.807) is 0 Å². The summed E-state index contributed by atoms with van der Waals surface area (Å²) in [4.78, 5) is 2.52. The zero-order valence-corrected chi connectivity index (χ0v) is 36.9. The minimum atomic E-state index is -0.586. The van der Waals surface area contributed by atoms with E-state index in [4.69, 9.17) is 0 Å². The number of fused-ring (bicyclic) bond motifs is 7. The van der Waals surface area contributed by atoms with Gasteiger partial charge in [0.05, 0.1) is 16.5 Å². The number of hydrogen-bond acceptors (Lipinski definition) is 1. The summed E-state index contributed by atoms with van der Waals surface area (Å²) in [6.07, 6.45) is 0. The van der Waals surface area contributed by atoms with Crippen LogP contribution >= 0.6 is 0 Å². The molecule has 0 saturated heterocycles. The van der Waals surface area contributed by atoms with Crippen LogP contribution < -0.4 is 4.90 Å². The number of rotatable bonds is 8. The van der Waals surface area contributed by atoms with Crippen molar-refractivity contribution in [3.63, 3.8) is 0 Å². The number of benzene rings is 11. The van der Waals surface area contributed by atoms with Gasteiger partial charge in [0.1, 0.15) is 0 Å². The maximum atomic E-state index is 2.52. The topological polar surface area (TPSA) is 3.24 Å². The highest BCUT2D eigenvalue weighted by Gasteiger charge is 2.49. The van der Waals surface area contributed by atoms with Crippen molar-refractivity contribution >= 4 is 27.8 Å². The minimum Gasteiger partial charge on any atom is -0.310 e. The Balaban J connectivity index is 1.12. The molecule has 67 heavy (non-hydrogen) atoms. The van der Waals surface area contributed by atoms with Crippen molar-refractivity contribution in [3.8, 4) is 33.4 Å². The molecular weight excluding hydrogens is 807 g/mol. The first-order chi connectivity index (χ1) is 33.2. The van der Waals surface area contributed by atoms with Crippen LogP contribution in [0.5, 0.6) is 0 Å². The van der Waals surface area contributed by atoms with Gasteiger partial charge in [0.15, 0.2) is 0 Å². The third kappa shape index (κ3) is 5.81. The molecule has 314 valence electrons. The second-order valence-electron chi connectivity index (χ2n) is 17.9. The van der Waals surface area contributed by atoms with E-state index in [9.17, 15) is 0 Å². The fraction of sp³-hybridized carbons (Fsp3) is 0.0303. The van der Waals surface area contributed by atoms with E-state index in [1.165, 1.54) is 88.7 Å². The third-order valence-electron chi connectivity index (χ3n) is 14.6. The molecule has 0 bridgehead atoms. The van der Waals surface area contributed by atoms with Crippen molar-refractivity contribution in [2.45, 2.75) is 10.8 Å². The standard InChI is InChI=1S/C66H45N/c1-6-21-46(22-7-1)47-37-39-54(40-38-47)67(63-36-20-35-60-64(63)57-33-18-19-34-59(57)65(60,50-25-8-2-9-26-50)51-27-10-3-11-28-51)55-41-42-56-58-43-48-23-16-17-24-49(48)44-61(58)66(62(56)45-55,52-29-12-4-13-30-52)53-31-14-5-15-32-53/h1-45H. The molecule has 0 aliphatic heterocycles. The van der Waals surface area contributed by atoms with Gasteiger partial charge in [0, 0.05) is 16.9 Å². The second kappa shape index (κ2) is 15.6. The van der Waals surface area contributed by atoms with Crippen LogP contribution in [0.2, 0.25) is 0 Å². The highest BCUT2D eigenvalue weighted by molar-refractivity contribution is 6.00. The molecule has 11 aromatic rings. The lowest BCUT2D eigenvalue weighted by Crippen LogP contribution is -2.29. The zero-order valence-electron chi connectivity index (χ0n) is 36.9. The molecule has 13 rings (SSSR count). The van der Waals surface area contributed by atoms with Crippen LogP contribution in [0.15, 0.2) is 273 Å². The lowest BCUT2D eigenvalue weighted by atomic mass is 9.67. The Morgan fingerprint density at radius 1 is 0.254 bits per heavy atom. The van der Waals surface area contributed by atoms with Gasteiger partial charge in [-0.3, -0.25) is 0 Å². The van der Waals surface area contributed by atoms with E-state index in [0.29, 0.717) is 0 Å². The molecule has 0 radical (unpaired) electrons. The van der Waals surface area contributed by atoms with Crippen LogP contribution in [0.3, 0.4) is 0 Å². The number of nitrogens with zero attached hydrogens (tertiary/aromatic N) is 1. The normalized spacial score (nSPS) is 13.6. The first-order valence-electron chi connectivity index (χ1n) is 23.3. The predicted molar refractivity (Wildman–Crippen MR) is 279 cm³/mol. The van der Waals surface area contributed by atoms with Gasteiger partial charge >= 0.3 is 0 Å². The summed E-state index contributed by atoms with van der Waals surface area (Å²) in [5.74, 6) is 0. The molecule has 0 heterocycles. The first kappa shape index (κ1) is 38.9. The third-order valence-corrected chi connectivity index (χ3v) is 14.6.